The van der Waals surface area contributed by atoms with Gasteiger partial charge in [0.15, 0.2) is 0 Å². The molecule has 0 aromatic heterocycles. The summed E-state index contributed by atoms with van der Waals surface area (Å²) in [6.45, 7) is 3.87. The highest BCUT2D eigenvalue weighted by molar-refractivity contribution is 5.96. The van der Waals surface area contributed by atoms with Crippen molar-refractivity contribution in [3.63, 3.8) is 0 Å². The van der Waals surface area contributed by atoms with Crippen molar-refractivity contribution in [3.05, 3.63) is 11.1 Å². The van der Waals surface area contributed by atoms with Crippen LogP contribution in [0, 0.1) is 0 Å². The number of carbonyl (C=O) groups is 2. The fourth-order valence-electron chi connectivity index (χ4n) is 2.31. The van der Waals surface area contributed by atoms with Gasteiger partial charge < -0.3 is 15.3 Å². The van der Waals surface area contributed by atoms with Gasteiger partial charge >= 0.3 is 5.97 Å². The molecule has 0 saturated carbocycles. The molecule has 5 heteroatoms. The van der Waals surface area contributed by atoms with Crippen LogP contribution in [0.3, 0.4) is 0 Å². The number of likely N-dealkylation sites (tertiary alicyclic amines) is 1. The molecule has 2 rings (SSSR count). The lowest BCUT2D eigenvalue weighted by Crippen LogP contribution is -2.49. The number of carboxylic acid groups (broad SMARTS) is 1. The van der Waals surface area contributed by atoms with Crippen molar-refractivity contribution >= 4 is 11.9 Å². The largest absolute Gasteiger partial charge is 0.480 e. The summed E-state index contributed by atoms with van der Waals surface area (Å²) in [7, 11) is 0. The Labute approximate surface area is 100 Å². The van der Waals surface area contributed by atoms with Crippen molar-refractivity contribution < 1.29 is 14.7 Å². The maximum absolute atomic E-state index is 12.2. The van der Waals surface area contributed by atoms with Crippen molar-refractivity contribution in [2.24, 2.45) is 0 Å². The molecule has 1 atom stereocenters. The highest BCUT2D eigenvalue weighted by atomic mass is 16.4. The van der Waals surface area contributed by atoms with Crippen LogP contribution in [0.1, 0.15) is 26.2 Å². The minimum absolute atomic E-state index is 0.103. The summed E-state index contributed by atoms with van der Waals surface area (Å²) in [6, 6.07) is -0.639. The third-order valence-corrected chi connectivity index (χ3v) is 3.58. The van der Waals surface area contributed by atoms with Crippen LogP contribution >= 0.6 is 0 Å². The Morgan fingerprint density at radius 1 is 1.35 bits per heavy atom. The summed E-state index contributed by atoms with van der Waals surface area (Å²) in [6.07, 6.45) is 2.36. The van der Waals surface area contributed by atoms with Crippen LogP contribution < -0.4 is 5.32 Å². The molecule has 0 bridgehead atoms. The molecular formula is C12H18N2O3. The molecule has 1 amide bonds. The maximum atomic E-state index is 12.2. The molecule has 2 aliphatic rings. The highest BCUT2D eigenvalue weighted by Crippen LogP contribution is 2.21. The van der Waals surface area contributed by atoms with E-state index in [9.17, 15) is 9.59 Å². The Morgan fingerprint density at radius 3 is 2.59 bits per heavy atom. The lowest BCUT2D eigenvalue weighted by Gasteiger charge is -2.34. The van der Waals surface area contributed by atoms with Gasteiger partial charge in [-0.15, -0.1) is 0 Å². The number of carboxylic acids is 1. The molecule has 0 aliphatic carbocycles. The van der Waals surface area contributed by atoms with Crippen molar-refractivity contribution in [1.82, 2.24) is 10.2 Å². The zero-order chi connectivity index (χ0) is 12.4. The predicted molar refractivity (Wildman–Crippen MR) is 62.6 cm³/mol. The van der Waals surface area contributed by atoms with Gasteiger partial charge in [-0.05, 0) is 31.8 Å². The van der Waals surface area contributed by atoms with Gasteiger partial charge in [0.05, 0.1) is 0 Å². The van der Waals surface area contributed by atoms with Gasteiger partial charge in [0.1, 0.15) is 6.04 Å². The summed E-state index contributed by atoms with van der Waals surface area (Å²) in [5, 5.41) is 12.2. The first-order valence-corrected chi connectivity index (χ1v) is 6.04. The van der Waals surface area contributed by atoms with E-state index in [1.165, 1.54) is 4.90 Å². The second-order valence-electron chi connectivity index (χ2n) is 4.68. The third-order valence-electron chi connectivity index (χ3n) is 3.58. The molecule has 0 unspecified atom stereocenters. The number of aliphatic carboxylic acids is 1. The second-order valence-corrected chi connectivity index (χ2v) is 4.68. The summed E-state index contributed by atoms with van der Waals surface area (Å²) in [5.41, 5.74) is 1.82. The first-order valence-electron chi connectivity index (χ1n) is 6.04. The molecule has 0 aromatic rings. The first kappa shape index (κ1) is 12.1. The third kappa shape index (κ3) is 2.34. The quantitative estimate of drug-likeness (QED) is 0.682. The number of nitrogens with zero attached hydrogens (tertiary/aromatic N) is 1. The van der Waals surface area contributed by atoms with Gasteiger partial charge in [-0.3, -0.25) is 4.79 Å². The van der Waals surface area contributed by atoms with Gasteiger partial charge in [0.25, 0.3) is 0 Å². The average Bonchev–Trinajstić information content (AvgIpc) is 2.25. The number of carbonyl (C=O) groups excluding carboxylic acids is 1. The monoisotopic (exact) mass is 238 g/mol. The van der Waals surface area contributed by atoms with Crippen LogP contribution in [0.25, 0.3) is 0 Å². The number of hydrogen-bond donors (Lipinski definition) is 2. The molecule has 5 nitrogen and oxygen atoms in total. The number of hydrogen-bond acceptors (Lipinski definition) is 3. The molecule has 2 fully saturated rings. The Hall–Kier alpha value is -1.36. The molecule has 2 saturated heterocycles. The van der Waals surface area contributed by atoms with Crippen molar-refractivity contribution in [2.45, 2.75) is 32.2 Å². The number of amides is 1. The van der Waals surface area contributed by atoms with E-state index >= 15 is 0 Å². The SMILES string of the molecule is CC(C(=O)N1CCCC[C@@H]1C(=O)O)=C1CNC1. The van der Waals surface area contributed by atoms with E-state index in [0.29, 0.717) is 13.0 Å². The fourth-order valence-corrected chi connectivity index (χ4v) is 2.31. The Balaban J connectivity index is 2.13. The number of nitrogens with one attached hydrogen (secondary N) is 1. The predicted octanol–water partition coefficient (Wildman–Crippen LogP) is 0.372. The van der Waals surface area contributed by atoms with Gasteiger partial charge in [-0.25, -0.2) is 4.79 Å². The Morgan fingerprint density at radius 2 is 2.06 bits per heavy atom. The Bertz CT molecular complexity index is 370. The van der Waals surface area contributed by atoms with E-state index in [-0.39, 0.29) is 5.91 Å². The minimum Gasteiger partial charge on any atom is -0.480 e. The van der Waals surface area contributed by atoms with E-state index in [4.69, 9.17) is 5.11 Å². The normalized spacial score (nSPS) is 24.2. The van der Waals surface area contributed by atoms with Gasteiger partial charge in [0.2, 0.25) is 5.91 Å². The lowest BCUT2D eigenvalue weighted by atomic mass is 9.98. The van der Waals surface area contributed by atoms with Crippen molar-refractivity contribution in [1.29, 1.82) is 0 Å². The topological polar surface area (TPSA) is 69.6 Å². The van der Waals surface area contributed by atoms with Crippen LogP contribution in [0.4, 0.5) is 0 Å². The summed E-state index contributed by atoms with van der Waals surface area (Å²) < 4.78 is 0. The molecule has 2 aliphatic heterocycles. The summed E-state index contributed by atoms with van der Waals surface area (Å²) in [5.74, 6) is -0.990. The molecular weight excluding hydrogens is 220 g/mol. The molecule has 2 N–H and O–H groups in total. The van der Waals surface area contributed by atoms with E-state index in [2.05, 4.69) is 5.32 Å². The second kappa shape index (κ2) is 4.87. The molecule has 2 heterocycles. The number of piperidine rings is 1. The van der Waals surface area contributed by atoms with Crippen molar-refractivity contribution in [3.8, 4) is 0 Å². The highest BCUT2D eigenvalue weighted by Gasteiger charge is 2.33. The van der Waals surface area contributed by atoms with Crippen LogP contribution in [0.5, 0.6) is 0 Å². The van der Waals surface area contributed by atoms with E-state index in [1.807, 2.05) is 0 Å². The van der Waals surface area contributed by atoms with Gasteiger partial charge in [-0.1, -0.05) is 0 Å². The summed E-state index contributed by atoms with van der Waals surface area (Å²) >= 11 is 0. The van der Waals surface area contributed by atoms with E-state index in [1.54, 1.807) is 6.92 Å². The van der Waals surface area contributed by atoms with Crippen LogP contribution in [-0.4, -0.2) is 47.6 Å². The zero-order valence-corrected chi connectivity index (χ0v) is 10.0. The maximum Gasteiger partial charge on any atom is 0.326 e. The molecule has 17 heavy (non-hydrogen) atoms. The summed E-state index contributed by atoms with van der Waals surface area (Å²) in [4.78, 5) is 24.9. The van der Waals surface area contributed by atoms with Gasteiger partial charge in [-0.2, -0.15) is 0 Å². The Kier molecular flexibility index (Phi) is 3.47. The molecule has 94 valence electrons. The lowest BCUT2D eigenvalue weighted by molar-refractivity contribution is -0.150. The van der Waals surface area contributed by atoms with E-state index < -0.39 is 12.0 Å². The van der Waals surface area contributed by atoms with E-state index in [0.717, 1.165) is 37.1 Å². The average molecular weight is 238 g/mol. The van der Waals surface area contributed by atoms with Crippen molar-refractivity contribution in [2.75, 3.05) is 19.6 Å². The minimum atomic E-state index is -0.886. The standard InChI is InChI=1S/C12H18N2O3/c1-8(9-6-13-7-9)11(15)14-5-3-2-4-10(14)12(16)17/h10,13H,2-7H2,1H3,(H,16,17)/t10-/m1/s1. The molecule has 0 aromatic carbocycles. The smallest absolute Gasteiger partial charge is 0.326 e. The van der Waals surface area contributed by atoms with Crippen LogP contribution in [0.2, 0.25) is 0 Å². The van der Waals surface area contributed by atoms with Crippen LogP contribution in [-0.2, 0) is 9.59 Å². The fraction of sp³-hybridized carbons (Fsp3) is 0.667. The molecule has 0 spiro atoms. The van der Waals surface area contributed by atoms with Crippen LogP contribution in [0.15, 0.2) is 11.1 Å². The zero-order valence-electron chi connectivity index (χ0n) is 10.0. The molecule has 0 radical (unpaired) electrons. The number of rotatable bonds is 2. The van der Waals surface area contributed by atoms with Gasteiger partial charge in [0, 0.05) is 25.2 Å². The first-order chi connectivity index (χ1) is 8.11.